The van der Waals surface area contributed by atoms with E-state index in [9.17, 15) is 8.42 Å². The van der Waals surface area contributed by atoms with Crippen molar-refractivity contribution < 1.29 is 8.42 Å². The first kappa shape index (κ1) is 14.6. The summed E-state index contributed by atoms with van der Waals surface area (Å²) in [5.74, 6) is 5.31. The highest BCUT2D eigenvalue weighted by atomic mass is 32.2. The predicted molar refractivity (Wildman–Crippen MR) is 81.1 cm³/mol. The Kier molecular flexibility index (Phi) is 4.48. The Morgan fingerprint density at radius 1 is 1.30 bits per heavy atom. The Hall–Kier alpha value is -1.77. The lowest BCUT2D eigenvalue weighted by atomic mass is 10.3. The highest BCUT2D eigenvalue weighted by molar-refractivity contribution is 7.98. The van der Waals surface area contributed by atoms with Gasteiger partial charge in [-0.1, -0.05) is 6.07 Å². The maximum atomic E-state index is 12.3. The summed E-state index contributed by atoms with van der Waals surface area (Å²) in [6.45, 7) is 0. The van der Waals surface area contributed by atoms with Gasteiger partial charge in [0.2, 0.25) is 0 Å². The molecule has 106 valence electrons. The lowest BCUT2D eigenvalue weighted by Gasteiger charge is -2.11. The van der Waals surface area contributed by atoms with Crippen LogP contribution >= 0.6 is 11.8 Å². The number of hydrazine groups is 1. The second kappa shape index (κ2) is 6.12. The molecule has 1 aromatic heterocycles. The standard InChI is InChI=1S/C12H14N4O2S2/c1-19-10-4-2-3-9(7-10)16-20(17,18)12-8-14-6-5-11(12)15-13/h2-8,16H,13H2,1H3,(H,14,15). The summed E-state index contributed by atoms with van der Waals surface area (Å²) in [4.78, 5) is 4.78. The van der Waals surface area contributed by atoms with Crippen LogP contribution in [0.15, 0.2) is 52.5 Å². The van der Waals surface area contributed by atoms with Crippen LogP contribution in [0.1, 0.15) is 0 Å². The van der Waals surface area contributed by atoms with Crippen LogP contribution in [0, 0.1) is 0 Å². The molecular weight excluding hydrogens is 296 g/mol. The number of anilines is 2. The molecule has 0 radical (unpaired) electrons. The number of benzene rings is 1. The van der Waals surface area contributed by atoms with Crippen molar-refractivity contribution >= 4 is 33.2 Å². The van der Waals surface area contributed by atoms with E-state index < -0.39 is 10.0 Å². The molecule has 2 rings (SSSR count). The molecule has 0 saturated carbocycles. The minimum absolute atomic E-state index is 0.00273. The number of aromatic nitrogens is 1. The molecule has 1 aromatic carbocycles. The molecule has 2 aromatic rings. The van der Waals surface area contributed by atoms with Gasteiger partial charge < -0.3 is 5.43 Å². The Labute approximate surface area is 121 Å². The number of sulfonamides is 1. The largest absolute Gasteiger partial charge is 0.323 e. The molecule has 0 aliphatic carbocycles. The summed E-state index contributed by atoms with van der Waals surface area (Å²) in [5, 5.41) is 0. The zero-order chi connectivity index (χ0) is 14.6. The van der Waals surface area contributed by atoms with Crippen molar-refractivity contribution in [1.29, 1.82) is 0 Å². The van der Waals surface area contributed by atoms with E-state index in [1.165, 1.54) is 30.2 Å². The number of nitrogen functional groups attached to an aromatic ring is 1. The fourth-order valence-corrected chi connectivity index (χ4v) is 3.23. The number of nitrogens with one attached hydrogen (secondary N) is 2. The molecule has 4 N–H and O–H groups in total. The number of hydrogen-bond acceptors (Lipinski definition) is 6. The molecule has 0 aliphatic rings. The number of hydrogen-bond donors (Lipinski definition) is 3. The average molecular weight is 310 g/mol. The fraction of sp³-hybridized carbons (Fsp3) is 0.0833. The molecule has 0 fully saturated rings. The van der Waals surface area contributed by atoms with Gasteiger partial charge in [0.1, 0.15) is 4.90 Å². The van der Waals surface area contributed by atoms with Gasteiger partial charge in [0.05, 0.1) is 5.69 Å². The third-order valence-corrected chi connectivity index (χ3v) is 4.69. The third kappa shape index (κ3) is 3.21. The number of rotatable bonds is 5. The van der Waals surface area contributed by atoms with Crippen LogP contribution in [-0.2, 0) is 10.0 Å². The van der Waals surface area contributed by atoms with Crippen LogP contribution in [0.3, 0.4) is 0 Å². The Morgan fingerprint density at radius 3 is 2.80 bits per heavy atom. The molecule has 0 spiro atoms. The van der Waals surface area contributed by atoms with Gasteiger partial charge in [-0.15, -0.1) is 11.8 Å². The van der Waals surface area contributed by atoms with E-state index in [1.807, 2.05) is 12.3 Å². The van der Waals surface area contributed by atoms with Gasteiger partial charge in [-0.3, -0.25) is 15.5 Å². The van der Waals surface area contributed by atoms with Gasteiger partial charge in [0.15, 0.2) is 0 Å². The summed E-state index contributed by atoms with van der Waals surface area (Å²) in [5.41, 5.74) is 3.12. The minimum atomic E-state index is -3.75. The van der Waals surface area contributed by atoms with E-state index in [0.29, 0.717) is 5.69 Å². The van der Waals surface area contributed by atoms with Crippen LogP contribution in [0.4, 0.5) is 11.4 Å². The van der Waals surface area contributed by atoms with Crippen LogP contribution in [0.2, 0.25) is 0 Å². The highest BCUT2D eigenvalue weighted by Crippen LogP contribution is 2.24. The first-order valence-electron chi connectivity index (χ1n) is 5.64. The maximum Gasteiger partial charge on any atom is 0.265 e. The van der Waals surface area contributed by atoms with Crippen molar-refractivity contribution in [3.8, 4) is 0 Å². The minimum Gasteiger partial charge on any atom is -0.323 e. The SMILES string of the molecule is CSc1cccc(NS(=O)(=O)c2cnccc2NN)c1. The molecule has 0 bridgehead atoms. The zero-order valence-corrected chi connectivity index (χ0v) is 12.3. The lowest BCUT2D eigenvalue weighted by molar-refractivity contribution is 0.601. The number of nitrogens with two attached hydrogens (primary N) is 1. The maximum absolute atomic E-state index is 12.3. The van der Waals surface area contributed by atoms with E-state index in [4.69, 9.17) is 5.84 Å². The second-order valence-corrected chi connectivity index (χ2v) is 6.38. The van der Waals surface area contributed by atoms with Gasteiger partial charge in [-0.25, -0.2) is 8.42 Å². The monoisotopic (exact) mass is 310 g/mol. The summed E-state index contributed by atoms with van der Waals surface area (Å²) >= 11 is 1.53. The van der Waals surface area contributed by atoms with Crippen molar-refractivity contribution in [2.75, 3.05) is 16.4 Å². The third-order valence-electron chi connectivity index (χ3n) is 2.55. The van der Waals surface area contributed by atoms with Gasteiger partial charge in [0, 0.05) is 23.0 Å². The molecule has 0 unspecified atom stereocenters. The fourth-order valence-electron chi connectivity index (χ4n) is 1.61. The Morgan fingerprint density at radius 2 is 2.10 bits per heavy atom. The molecule has 0 amide bonds. The van der Waals surface area contributed by atoms with Gasteiger partial charge in [-0.05, 0) is 30.5 Å². The molecule has 8 heteroatoms. The normalized spacial score (nSPS) is 11.1. The molecule has 0 saturated heterocycles. The number of thioether (sulfide) groups is 1. The smallest absolute Gasteiger partial charge is 0.265 e. The van der Waals surface area contributed by atoms with E-state index in [0.717, 1.165) is 4.90 Å². The van der Waals surface area contributed by atoms with Gasteiger partial charge >= 0.3 is 0 Å². The molecular formula is C12H14N4O2S2. The highest BCUT2D eigenvalue weighted by Gasteiger charge is 2.18. The lowest BCUT2D eigenvalue weighted by Crippen LogP contribution is -2.17. The molecule has 6 nitrogen and oxygen atoms in total. The van der Waals surface area contributed by atoms with Gasteiger partial charge in [-0.2, -0.15) is 0 Å². The van der Waals surface area contributed by atoms with Crippen LogP contribution < -0.4 is 16.0 Å². The van der Waals surface area contributed by atoms with Crippen LogP contribution in [-0.4, -0.2) is 19.7 Å². The predicted octanol–water partition coefficient (Wildman–Crippen LogP) is 1.89. The van der Waals surface area contributed by atoms with Crippen molar-refractivity contribution in [3.05, 3.63) is 42.7 Å². The van der Waals surface area contributed by atoms with E-state index in [1.54, 1.807) is 18.2 Å². The summed E-state index contributed by atoms with van der Waals surface area (Å²) < 4.78 is 27.2. The number of nitrogens with zero attached hydrogens (tertiary/aromatic N) is 1. The van der Waals surface area contributed by atoms with E-state index in [-0.39, 0.29) is 10.6 Å². The molecule has 0 aliphatic heterocycles. The summed E-state index contributed by atoms with van der Waals surface area (Å²) in [7, 11) is -3.75. The quantitative estimate of drug-likeness (QED) is 0.443. The Balaban J connectivity index is 2.35. The van der Waals surface area contributed by atoms with Crippen molar-refractivity contribution in [2.45, 2.75) is 9.79 Å². The van der Waals surface area contributed by atoms with E-state index in [2.05, 4.69) is 15.1 Å². The topological polar surface area (TPSA) is 97.1 Å². The van der Waals surface area contributed by atoms with Crippen molar-refractivity contribution in [2.24, 2.45) is 5.84 Å². The molecule has 1 heterocycles. The molecule has 20 heavy (non-hydrogen) atoms. The summed E-state index contributed by atoms with van der Waals surface area (Å²) in [6, 6.07) is 8.62. The average Bonchev–Trinajstić information content (AvgIpc) is 2.47. The van der Waals surface area contributed by atoms with Crippen LogP contribution in [0.25, 0.3) is 0 Å². The zero-order valence-electron chi connectivity index (χ0n) is 10.7. The van der Waals surface area contributed by atoms with Crippen molar-refractivity contribution in [1.82, 2.24) is 4.98 Å². The van der Waals surface area contributed by atoms with E-state index >= 15 is 0 Å². The number of pyridine rings is 1. The summed E-state index contributed by atoms with van der Waals surface area (Å²) in [6.07, 6.45) is 4.63. The van der Waals surface area contributed by atoms with Crippen molar-refractivity contribution in [3.63, 3.8) is 0 Å². The molecule has 0 atom stereocenters. The Bertz CT molecular complexity index is 704. The first-order valence-corrected chi connectivity index (χ1v) is 8.35. The second-order valence-electron chi connectivity index (χ2n) is 3.85. The van der Waals surface area contributed by atoms with Gasteiger partial charge in [0.25, 0.3) is 10.0 Å². The van der Waals surface area contributed by atoms with Crippen LogP contribution in [0.5, 0.6) is 0 Å². The first-order chi connectivity index (χ1) is 9.56.